The number of phenolic OH excluding ortho intramolecular Hbond substituents is 1. The molecule has 3 aromatic carbocycles. The summed E-state index contributed by atoms with van der Waals surface area (Å²) in [5.41, 5.74) is -0.842. The van der Waals surface area contributed by atoms with E-state index in [4.69, 9.17) is 4.74 Å². The SMILES string of the molecule is CCOC(=O)C[C@H](NC(=O)[C@@H](c1cccc(CO)c1)n1cc(CCN2CC(F)C2)c(C(F)(F)F)cc1=O)c1cc(-c2c(C)cccc2O)cc(C)c1F. The van der Waals surface area contributed by atoms with Gasteiger partial charge >= 0.3 is 12.1 Å². The second kappa shape index (κ2) is 16.3. The number of aryl methyl sites for hydroxylation is 2. The number of esters is 1. The Morgan fingerprint density at radius 2 is 1.75 bits per heavy atom. The second-order valence-electron chi connectivity index (χ2n) is 13.1. The fourth-order valence-corrected chi connectivity index (χ4v) is 6.62. The van der Waals surface area contributed by atoms with Crippen molar-refractivity contribution < 1.29 is 46.5 Å². The first-order valence-corrected chi connectivity index (χ1v) is 17.0. The lowest BCUT2D eigenvalue weighted by Gasteiger charge is -2.34. The number of carbonyl (C=O) groups is 2. The van der Waals surface area contributed by atoms with Gasteiger partial charge in [-0.1, -0.05) is 36.4 Å². The van der Waals surface area contributed by atoms with Crippen LogP contribution in [0.25, 0.3) is 11.1 Å². The Labute approximate surface area is 302 Å². The number of carbonyl (C=O) groups excluding carboxylic acids is 2. The van der Waals surface area contributed by atoms with E-state index in [1.807, 2.05) is 0 Å². The highest BCUT2D eigenvalue weighted by molar-refractivity contribution is 5.85. The minimum atomic E-state index is -4.92. The third-order valence-corrected chi connectivity index (χ3v) is 9.24. The molecule has 1 aliphatic rings. The fourth-order valence-electron chi connectivity index (χ4n) is 6.62. The molecule has 3 N–H and O–H groups in total. The van der Waals surface area contributed by atoms with E-state index in [-0.39, 0.29) is 60.7 Å². The molecule has 0 aliphatic carbocycles. The molecule has 1 aliphatic heterocycles. The van der Waals surface area contributed by atoms with Gasteiger partial charge < -0.3 is 20.3 Å². The zero-order chi connectivity index (χ0) is 38.6. The Bertz CT molecular complexity index is 2020. The first-order chi connectivity index (χ1) is 25.1. The summed E-state index contributed by atoms with van der Waals surface area (Å²) in [5.74, 6) is -2.64. The van der Waals surface area contributed by atoms with Crippen molar-refractivity contribution in [3.8, 4) is 16.9 Å². The molecule has 1 fully saturated rings. The van der Waals surface area contributed by atoms with Crippen LogP contribution < -0.4 is 10.9 Å². The molecule has 53 heavy (non-hydrogen) atoms. The van der Waals surface area contributed by atoms with Crippen LogP contribution in [0.2, 0.25) is 0 Å². The number of hydrogen-bond acceptors (Lipinski definition) is 7. The monoisotopic (exact) mass is 741 g/mol. The van der Waals surface area contributed by atoms with Crippen LogP contribution in [-0.2, 0) is 33.5 Å². The molecule has 14 heteroatoms. The van der Waals surface area contributed by atoms with Crippen LogP contribution in [0.1, 0.15) is 64.4 Å². The summed E-state index contributed by atoms with van der Waals surface area (Å²) in [6.07, 6.45) is -5.85. The van der Waals surface area contributed by atoms with Crippen molar-refractivity contribution >= 4 is 11.9 Å². The number of aromatic hydroxyl groups is 1. The number of phenols is 1. The number of rotatable bonds is 13. The Balaban J connectivity index is 1.64. The van der Waals surface area contributed by atoms with Crippen LogP contribution in [0.4, 0.5) is 22.0 Å². The smallest absolute Gasteiger partial charge is 0.416 e. The standard InChI is InChI=1S/C39H40F5N3O6/c1-4-53-34(51)17-31(29-15-27(13-23(3)36(29)41)35-22(2)7-5-10-32(35)49)45-38(52)37(25-9-6-8-24(14-25)21-48)47-18-26(11-12-46-19-28(40)20-46)30(16-33(47)50)39(42,43)44/h5-10,13-16,18,28,31,37,48-49H,4,11-12,17,19-21H2,1-3H3,(H,45,52)/t31-,37+/m0/s1. The summed E-state index contributed by atoms with van der Waals surface area (Å²) in [7, 11) is 0. The molecule has 2 atom stereocenters. The number of aliphatic hydroxyl groups excluding tert-OH is 1. The quantitative estimate of drug-likeness (QED) is 0.112. The van der Waals surface area contributed by atoms with Crippen molar-refractivity contribution in [1.29, 1.82) is 0 Å². The Kier molecular flexibility index (Phi) is 12.0. The van der Waals surface area contributed by atoms with Gasteiger partial charge in [-0.2, -0.15) is 13.2 Å². The third kappa shape index (κ3) is 8.94. The van der Waals surface area contributed by atoms with E-state index < -0.39 is 66.3 Å². The minimum absolute atomic E-state index is 0.0259. The number of ether oxygens (including phenoxy) is 1. The number of aromatic nitrogens is 1. The average molecular weight is 742 g/mol. The van der Waals surface area contributed by atoms with Gasteiger partial charge in [0.05, 0.1) is 31.2 Å². The van der Waals surface area contributed by atoms with E-state index >= 15 is 4.39 Å². The molecule has 5 rings (SSSR count). The Morgan fingerprint density at radius 3 is 2.40 bits per heavy atom. The molecule has 0 radical (unpaired) electrons. The van der Waals surface area contributed by atoms with Crippen molar-refractivity contribution in [2.45, 2.75) is 64.7 Å². The first-order valence-electron chi connectivity index (χ1n) is 17.0. The lowest BCUT2D eigenvalue weighted by molar-refractivity contribution is -0.144. The van der Waals surface area contributed by atoms with E-state index in [0.29, 0.717) is 28.3 Å². The Morgan fingerprint density at radius 1 is 1.04 bits per heavy atom. The van der Waals surface area contributed by atoms with Crippen molar-refractivity contribution in [3.05, 3.63) is 122 Å². The molecule has 9 nitrogen and oxygen atoms in total. The molecule has 0 spiro atoms. The van der Waals surface area contributed by atoms with Crippen LogP contribution in [-0.4, -0.2) is 64.0 Å². The maximum Gasteiger partial charge on any atom is 0.416 e. The fraction of sp³-hybridized carbons (Fsp3) is 0.359. The number of nitrogens with one attached hydrogen (secondary N) is 1. The van der Waals surface area contributed by atoms with Gasteiger partial charge in [0.15, 0.2) is 0 Å². The molecule has 1 saturated heterocycles. The van der Waals surface area contributed by atoms with Crippen molar-refractivity contribution in [2.24, 2.45) is 0 Å². The van der Waals surface area contributed by atoms with Gasteiger partial charge in [-0.15, -0.1) is 0 Å². The van der Waals surface area contributed by atoms with E-state index in [1.54, 1.807) is 36.9 Å². The minimum Gasteiger partial charge on any atom is -0.507 e. The summed E-state index contributed by atoms with van der Waals surface area (Å²) >= 11 is 0. The van der Waals surface area contributed by atoms with Gasteiger partial charge in [0.2, 0.25) is 5.91 Å². The first kappa shape index (κ1) is 39.1. The van der Waals surface area contributed by atoms with Gasteiger partial charge in [-0.25, -0.2) is 8.78 Å². The van der Waals surface area contributed by atoms with Crippen LogP contribution >= 0.6 is 0 Å². The predicted molar refractivity (Wildman–Crippen MR) is 186 cm³/mol. The van der Waals surface area contributed by atoms with Gasteiger partial charge in [0.1, 0.15) is 23.8 Å². The zero-order valence-corrected chi connectivity index (χ0v) is 29.3. The summed E-state index contributed by atoms with van der Waals surface area (Å²) in [5, 5.41) is 23.2. The molecule has 0 unspecified atom stereocenters. The number of aliphatic hydroxyl groups is 1. The summed E-state index contributed by atoms with van der Waals surface area (Å²) in [4.78, 5) is 42.6. The number of halogens is 5. The van der Waals surface area contributed by atoms with Gasteiger partial charge in [0.25, 0.3) is 5.56 Å². The van der Waals surface area contributed by atoms with Crippen LogP contribution in [0, 0.1) is 19.7 Å². The molecule has 1 aromatic heterocycles. The predicted octanol–water partition coefficient (Wildman–Crippen LogP) is 6.08. The molecule has 0 saturated carbocycles. The number of benzene rings is 3. The summed E-state index contributed by atoms with van der Waals surface area (Å²) < 4.78 is 78.2. The maximum atomic E-state index is 16.1. The van der Waals surface area contributed by atoms with Crippen molar-refractivity contribution in [1.82, 2.24) is 14.8 Å². The van der Waals surface area contributed by atoms with Gasteiger partial charge in [-0.05, 0) is 78.8 Å². The van der Waals surface area contributed by atoms with E-state index in [0.717, 1.165) is 10.8 Å². The van der Waals surface area contributed by atoms with Crippen LogP contribution in [0.3, 0.4) is 0 Å². The van der Waals surface area contributed by atoms with E-state index in [2.05, 4.69) is 5.32 Å². The summed E-state index contributed by atoms with van der Waals surface area (Å²) in [6, 6.07) is 10.9. The number of amides is 1. The van der Waals surface area contributed by atoms with Gasteiger partial charge in [0, 0.05) is 43.0 Å². The third-order valence-electron chi connectivity index (χ3n) is 9.24. The highest BCUT2D eigenvalue weighted by Gasteiger charge is 2.37. The van der Waals surface area contributed by atoms with Crippen LogP contribution in [0.15, 0.2) is 71.7 Å². The summed E-state index contributed by atoms with van der Waals surface area (Å²) in [6.45, 7) is 4.47. The number of alkyl halides is 4. The van der Waals surface area contributed by atoms with E-state index in [9.17, 15) is 42.2 Å². The largest absolute Gasteiger partial charge is 0.507 e. The highest BCUT2D eigenvalue weighted by Crippen LogP contribution is 2.37. The molecule has 282 valence electrons. The molecular formula is C39H40F5N3O6. The molecule has 4 aromatic rings. The molecule has 2 heterocycles. The number of likely N-dealkylation sites (tertiary alicyclic amines) is 1. The van der Waals surface area contributed by atoms with Gasteiger partial charge in [-0.3, -0.25) is 23.9 Å². The molecule has 0 bridgehead atoms. The topological polar surface area (TPSA) is 121 Å². The lowest BCUT2D eigenvalue weighted by Crippen LogP contribution is -2.49. The number of nitrogens with zero attached hydrogens (tertiary/aromatic N) is 2. The Hall–Kier alpha value is -5.08. The second-order valence-corrected chi connectivity index (χ2v) is 13.1. The molecule has 1 amide bonds. The van der Waals surface area contributed by atoms with E-state index in [1.165, 1.54) is 43.3 Å². The normalized spacial score (nSPS) is 14.7. The molecular weight excluding hydrogens is 701 g/mol. The number of pyridine rings is 1. The maximum absolute atomic E-state index is 16.1. The highest BCUT2D eigenvalue weighted by atomic mass is 19.4. The average Bonchev–Trinajstić information content (AvgIpc) is 3.08. The van der Waals surface area contributed by atoms with Crippen LogP contribution in [0.5, 0.6) is 5.75 Å². The van der Waals surface area contributed by atoms with Crippen molar-refractivity contribution in [2.75, 3.05) is 26.2 Å². The number of hydrogen-bond donors (Lipinski definition) is 3. The lowest BCUT2D eigenvalue weighted by atomic mass is 9.92. The van der Waals surface area contributed by atoms with Crippen molar-refractivity contribution in [3.63, 3.8) is 0 Å². The zero-order valence-electron chi connectivity index (χ0n) is 29.3.